The number of benzene rings is 4. The molecule has 0 heterocycles. The zero-order chi connectivity index (χ0) is 24.5. The van der Waals surface area contributed by atoms with Crippen LogP contribution in [0.15, 0.2) is 122 Å². The van der Waals surface area contributed by atoms with Gasteiger partial charge in [-0.05, 0) is 58.5 Å². The number of nitrogens with zero attached hydrogens (tertiary/aromatic N) is 1. The van der Waals surface area contributed by atoms with Crippen LogP contribution in [0.3, 0.4) is 0 Å². The molecule has 0 radical (unpaired) electrons. The molecule has 34 heavy (non-hydrogen) atoms. The van der Waals surface area contributed by atoms with Gasteiger partial charge in [0.1, 0.15) is 0 Å². The summed E-state index contributed by atoms with van der Waals surface area (Å²) in [4.78, 5) is 4.61. The van der Waals surface area contributed by atoms with Crippen molar-refractivity contribution in [1.82, 2.24) is 0 Å². The molecule has 1 heteroatoms. The Morgan fingerprint density at radius 3 is 2.00 bits per heavy atom. The molecule has 0 bridgehead atoms. The fourth-order valence-corrected chi connectivity index (χ4v) is 3.72. The summed E-state index contributed by atoms with van der Waals surface area (Å²) < 4.78 is 0. The number of allylic oxidation sites excluding steroid dienone is 1. The molecule has 0 saturated carbocycles. The first kappa shape index (κ1) is 24.4. The lowest BCUT2D eigenvalue weighted by Crippen LogP contribution is -1.97. The van der Waals surface area contributed by atoms with Gasteiger partial charge in [0.15, 0.2) is 0 Å². The van der Waals surface area contributed by atoms with Crippen molar-refractivity contribution < 1.29 is 0 Å². The lowest BCUT2D eigenvalue weighted by molar-refractivity contribution is 1.47. The first-order chi connectivity index (χ1) is 16.4. The highest BCUT2D eigenvalue weighted by molar-refractivity contribution is 6.02. The Labute approximate surface area is 203 Å². The molecule has 0 aliphatic rings. The van der Waals surface area contributed by atoms with Gasteiger partial charge in [0.05, 0.1) is 5.70 Å². The van der Waals surface area contributed by atoms with Crippen molar-refractivity contribution in [2.45, 2.75) is 13.8 Å². The first-order valence-electron chi connectivity index (χ1n) is 11.3. The Morgan fingerprint density at radius 2 is 1.32 bits per heavy atom. The predicted octanol–water partition coefficient (Wildman–Crippen LogP) is 9.33. The molecule has 4 aromatic rings. The average molecular weight is 442 g/mol. The molecular formula is C33H31N. The van der Waals surface area contributed by atoms with Gasteiger partial charge in [0.2, 0.25) is 0 Å². The van der Waals surface area contributed by atoms with Gasteiger partial charge >= 0.3 is 0 Å². The van der Waals surface area contributed by atoms with Crippen LogP contribution >= 0.6 is 0 Å². The second-order valence-electron chi connectivity index (χ2n) is 8.07. The molecule has 168 valence electrons. The topological polar surface area (TPSA) is 12.4 Å². The number of aliphatic imine (C=N–C) groups is 1. The van der Waals surface area contributed by atoms with E-state index in [1.807, 2.05) is 68.5 Å². The van der Waals surface area contributed by atoms with Gasteiger partial charge < -0.3 is 0 Å². The monoisotopic (exact) mass is 441 g/mol. The SMILES string of the molecule is C=C(C)c1cccc2ccccc12.C=Cc1ccc(C(C)=NC(=C)c2ccccc2)cc1C=C. The van der Waals surface area contributed by atoms with E-state index < -0.39 is 0 Å². The minimum atomic E-state index is 0.765. The van der Waals surface area contributed by atoms with Crippen molar-refractivity contribution in [3.63, 3.8) is 0 Å². The average Bonchev–Trinajstić information content (AvgIpc) is 2.88. The van der Waals surface area contributed by atoms with Crippen molar-refractivity contribution >= 4 is 39.9 Å². The smallest absolute Gasteiger partial charge is 0.0633 e. The molecule has 0 aliphatic heterocycles. The molecule has 4 aromatic carbocycles. The van der Waals surface area contributed by atoms with Crippen LogP contribution in [0.25, 0.3) is 34.2 Å². The van der Waals surface area contributed by atoms with Crippen molar-refractivity contribution in [3.05, 3.63) is 145 Å². The van der Waals surface area contributed by atoms with E-state index in [4.69, 9.17) is 0 Å². The summed E-state index contributed by atoms with van der Waals surface area (Å²) in [6.45, 7) is 19.7. The Hall–Kier alpha value is -4.23. The molecule has 4 rings (SSSR count). The fraction of sp³-hybridized carbons (Fsp3) is 0.0606. The van der Waals surface area contributed by atoms with Gasteiger partial charge in [0.25, 0.3) is 0 Å². The Bertz CT molecular complexity index is 1370. The van der Waals surface area contributed by atoms with Crippen LogP contribution in [0.4, 0.5) is 0 Å². The van der Waals surface area contributed by atoms with E-state index >= 15 is 0 Å². The molecule has 0 spiro atoms. The van der Waals surface area contributed by atoms with Gasteiger partial charge in [0, 0.05) is 5.71 Å². The second kappa shape index (κ2) is 11.6. The van der Waals surface area contributed by atoms with Crippen LogP contribution in [0.1, 0.15) is 41.7 Å². The molecule has 0 atom stereocenters. The van der Waals surface area contributed by atoms with E-state index in [-0.39, 0.29) is 0 Å². The summed E-state index contributed by atoms with van der Waals surface area (Å²) >= 11 is 0. The molecule has 0 amide bonds. The van der Waals surface area contributed by atoms with Gasteiger partial charge in [-0.2, -0.15) is 0 Å². The van der Waals surface area contributed by atoms with Gasteiger partial charge in [-0.3, -0.25) is 4.99 Å². The number of fused-ring (bicyclic) bond motifs is 1. The van der Waals surface area contributed by atoms with Crippen LogP contribution < -0.4 is 0 Å². The van der Waals surface area contributed by atoms with E-state index in [1.54, 1.807) is 0 Å². The number of hydrogen-bond donors (Lipinski definition) is 0. The van der Waals surface area contributed by atoms with E-state index in [9.17, 15) is 0 Å². The number of hydrogen-bond acceptors (Lipinski definition) is 1. The van der Waals surface area contributed by atoms with Crippen molar-refractivity contribution in [2.24, 2.45) is 4.99 Å². The van der Waals surface area contributed by atoms with Gasteiger partial charge in [-0.1, -0.05) is 129 Å². The minimum Gasteiger partial charge on any atom is -0.253 e. The molecular weight excluding hydrogens is 410 g/mol. The quantitative estimate of drug-likeness (QED) is 0.264. The maximum Gasteiger partial charge on any atom is 0.0633 e. The molecule has 0 N–H and O–H groups in total. The number of rotatable bonds is 6. The summed E-state index contributed by atoms with van der Waals surface area (Å²) in [5, 5.41) is 2.57. The Balaban J connectivity index is 0.000000212. The van der Waals surface area contributed by atoms with Crippen LogP contribution in [0, 0.1) is 0 Å². The van der Waals surface area contributed by atoms with Gasteiger partial charge in [-0.25, -0.2) is 0 Å². The summed E-state index contributed by atoms with van der Waals surface area (Å²) in [7, 11) is 0. The highest BCUT2D eigenvalue weighted by Crippen LogP contribution is 2.23. The third-order valence-corrected chi connectivity index (χ3v) is 5.60. The predicted molar refractivity (Wildman–Crippen MR) is 153 cm³/mol. The summed E-state index contributed by atoms with van der Waals surface area (Å²) in [5.74, 6) is 0. The summed E-state index contributed by atoms with van der Waals surface area (Å²) in [5.41, 5.74) is 8.29. The van der Waals surface area contributed by atoms with Crippen LogP contribution in [0.5, 0.6) is 0 Å². The first-order valence-corrected chi connectivity index (χ1v) is 11.3. The molecule has 0 aromatic heterocycles. The zero-order valence-corrected chi connectivity index (χ0v) is 20.1. The zero-order valence-electron chi connectivity index (χ0n) is 20.1. The van der Waals surface area contributed by atoms with Crippen molar-refractivity contribution in [2.75, 3.05) is 0 Å². The lowest BCUT2D eigenvalue weighted by atomic mass is 10.0. The van der Waals surface area contributed by atoms with Crippen molar-refractivity contribution in [3.8, 4) is 0 Å². The Kier molecular flexibility index (Phi) is 8.32. The molecule has 0 saturated heterocycles. The summed E-state index contributed by atoms with van der Waals surface area (Å²) in [6, 6.07) is 30.8. The van der Waals surface area contributed by atoms with E-state index in [0.29, 0.717) is 0 Å². The normalized spacial score (nSPS) is 10.7. The van der Waals surface area contributed by atoms with Gasteiger partial charge in [-0.15, -0.1) is 0 Å². The van der Waals surface area contributed by atoms with E-state index in [2.05, 4.69) is 79.8 Å². The van der Waals surface area contributed by atoms with Crippen LogP contribution in [0.2, 0.25) is 0 Å². The van der Waals surface area contributed by atoms with Crippen LogP contribution in [-0.4, -0.2) is 5.71 Å². The second-order valence-corrected chi connectivity index (χ2v) is 8.07. The summed E-state index contributed by atoms with van der Waals surface area (Å²) in [6.07, 6.45) is 3.66. The van der Waals surface area contributed by atoms with Crippen LogP contribution in [-0.2, 0) is 0 Å². The third-order valence-electron chi connectivity index (χ3n) is 5.60. The fourth-order valence-electron chi connectivity index (χ4n) is 3.72. The maximum atomic E-state index is 4.61. The molecule has 1 nitrogen and oxygen atoms in total. The molecule has 0 fully saturated rings. The largest absolute Gasteiger partial charge is 0.253 e. The third kappa shape index (κ3) is 5.96. The Morgan fingerprint density at radius 1 is 0.676 bits per heavy atom. The van der Waals surface area contributed by atoms with E-state index in [0.717, 1.165) is 39.2 Å². The van der Waals surface area contributed by atoms with E-state index in [1.165, 1.54) is 16.3 Å². The highest BCUT2D eigenvalue weighted by atomic mass is 14.7. The maximum absolute atomic E-state index is 4.61. The minimum absolute atomic E-state index is 0.765. The standard InChI is InChI=1S/C20H19N.C13H12/c1-5-17-12-13-20(14-18(17)6-2)16(4)21-15(3)19-10-8-7-9-11-19;1-10(2)12-9-5-7-11-6-3-4-8-13(11)12/h5-14H,1-3H2,4H3;3-9H,1H2,2H3. The highest BCUT2D eigenvalue weighted by Gasteiger charge is 2.03. The lowest BCUT2D eigenvalue weighted by Gasteiger charge is -2.07. The molecule has 0 unspecified atom stereocenters. The van der Waals surface area contributed by atoms with Crippen molar-refractivity contribution in [1.29, 1.82) is 0 Å². The molecule has 0 aliphatic carbocycles.